The van der Waals surface area contributed by atoms with Gasteiger partial charge in [-0.05, 0) is 81.8 Å². The molecule has 0 saturated heterocycles. The molecule has 0 unspecified atom stereocenters. The Bertz CT molecular complexity index is 1520. The Kier molecular flexibility index (Phi) is 7.66. The van der Waals surface area contributed by atoms with E-state index in [2.05, 4.69) is 15.6 Å². The van der Waals surface area contributed by atoms with Crippen molar-refractivity contribution in [2.24, 2.45) is 0 Å². The zero-order valence-corrected chi connectivity index (χ0v) is 22.5. The van der Waals surface area contributed by atoms with Crippen LogP contribution in [0.1, 0.15) is 49.7 Å². The second-order valence-electron chi connectivity index (χ2n) is 10.2. The van der Waals surface area contributed by atoms with Crippen LogP contribution in [0.4, 0.5) is 5.69 Å². The van der Waals surface area contributed by atoms with E-state index >= 15 is 0 Å². The van der Waals surface area contributed by atoms with Crippen LogP contribution in [0.3, 0.4) is 0 Å². The van der Waals surface area contributed by atoms with Crippen molar-refractivity contribution in [2.75, 3.05) is 12.0 Å². The number of nitrogens with one attached hydrogen (secondary N) is 1. The maximum Gasteiger partial charge on any atom is 0.249 e. The molecule has 2 N–H and O–H groups in total. The van der Waals surface area contributed by atoms with Crippen LogP contribution in [-0.4, -0.2) is 50.3 Å². The summed E-state index contributed by atoms with van der Waals surface area (Å²) in [6.07, 6.45) is 0. The summed E-state index contributed by atoms with van der Waals surface area (Å²) >= 11 is 0. The van der Waals surface area contributed by atoms with Crippen LogP contribution >= 0.6 is 0 Å². The van der Waals surface area contributed by atoms with Gasteiger partial charge in [-0.1, -0.05) is 23.4 Å². The predicted octanol–water partition coefficient (Wildman–Crippen LogP) is 4.04. The molecular formula is C29H31N5O5. The highest BCUT2D eigenvalue weighted by atomic mass is 16.5. The SMILES string of the molecule is COc1ccc([C@H](C(=O)NC(C)(C)C)N(C(=O)Cn2nnc3ccccc32)c2ccc(C(C)=O)cc2)cc1O. The summed E-state index contributed by atoms with van der Waals surface area (Å²) in [6.45, 7) is 6.75. The number of rotatable bonds is 8. The highest BCUT2D eigenvalue weighted by Crippen LogP contribution is 2.34. The zero-order valence-electron chi connectivity index (χ0n) is 22.5. The average molecular weight is 530 g/mol. The minimum absolute atomic E-state index is 0.129. The molecular weight excluding hydrogens is 498 g/mol. The first-order chi connectivity index (χ1) is 18.5. The van der Waals surface area contributed by atoms with E-state index in [1.807, 2.05) is 32.9 Å². The number of Topliss-reactive ketones (excluding diaryl/α,β-unsaturated/α-hetero) is 1. The maximum atomic E-state index is 14.1. The van der Waals surface area contributed by atoms with E-state index in [1.54, 1.807) is 42.5 Å². The smallest absolute Gasteiger partial charge is 0.249 e. The fraction of sp³-hybridized carbons (Fsp3) is 0.276. The molecule has 2 amide bonds. The van der Waals surface area contributed by atoms with Crippen molar-refractivity contribution in [1.82, 2.24) is 20.3 Å². The molecule has 0 bridgehead atoms. The number of hydrogen-bond donors (Lipinski definition) is 2. The number of phenols is 1. The Morgan fingerprint density at radius 2 is 1.74 bits per heavy atom. The van der Waals surface area contributed by atoms with Crippen molar-refractivity contribution in [3.63, 3.8) is 0 Å². The summed E-state index contributed by atoms with van der Waals surface area (Å²) in [6, 6.07) is 17.1. The highest BCUT2D eigenvalue weighted by Gasteiger charge is 2.35. The van der Waals surface area contributed by atoms with Gasteiger partial charge in [-0.2, -0.15) is 0 Å². The van der Waals surface area contributed by atoms with Crippen LogP contribution in [0.5, 0.6) is 11.5 Å². The molecule has 10 nitrogen and oxygen atoms in total. The lowest BCUT2D eigenvalue weighted by atomic mass is 9.99. The number of phenolic OH excluding ortho intramolecular Hbond substituents is 1. The van der Waals surface area contributed by atoms with Crippen LogP contribution < -0.4 is 15.0 Å². The van der Waals surface area contributed by atoms with Gasteiger partial charge in [-0.3, -0.25) is 19.3 Å². The number of carbonyl (C=O) groups excluding carboxylic acids is 3. The Morgan fingerprint density at radius 3 is 2.36 bits per heavy atom. The molecule has 1 atom stereocenters. The lowest BCUT2D eigenvalue weighted by Gasteiger charge is -2.34. The van der Waals surface area contributed by atoms with Crippen LogP contribution in [0.25, 0.3) is 11.0 Å². The summed E-state index contributed by atoms with van der Waals surface area (Å²) in [5.74, 6) is -0.989. The van der Waals surface area contributed by atoms with Gasteiger partial charge >= 0.3 is 0 Å². The van der Waals surface area contributed by atoms with Crippen LogP contribution in [-0.2, 0) is 16.1 Å². The molecule has 4 rings (SSSR count). The number of fused-ring (bicyclic) bond motifs is 1. The first kappa shape index (κ1) is 27.3. The summed E-state index contributed by atoms with van der Waals surface area (Å²) < 4.78 is 6.65. The van der Waals surface area contributed by atoms with Crippen molar-refractivity contribution >= 4 is 34.3 Å². The molecule has 0 aliphatic heterocycles. The molecule has 0 aliphatic carbocycles. The molecule has 0 spiro atoms. The molecule has 1 aromatic heterocycles. The van der Waals surface area contributed by atoms with Gasteiger partial charge in [-0.15, -0.1) is 5.10 Å². The van der Waals surface area contributed by atoms with Crippen molar-refractivity contribution in [2.45, 2.75) is 45.8 Å². The van der Waals surface area contributed by atoms with Gasteiger partial charge in [0, 0.05) is 16.8 Å². The predicted molar refractivity (Wildman–Crippen MR) is 147 cm³/mol. The van der Waals surface area contributed by atoms with Gasteiger partial charge in [0.1, 0.15) is 18.1 Å². The molecule has 10 heteroatoms. The number of benzene rings is 3. The van der Waals surface area contributed by atoms with Crippen LogP contribution in [0.2, 0.25) is 0 Å². The molecule has 3 aromatic carbocycles. The lowest BCUT2D eigenvalue weighted by Crippen LogP contribution is -2.50. The molecule has 0 saturated carbocycles. The van der Waals surface area contributed by atoms with Gasteiger partial charge in [-0.25, -0.2) is 4.68 Å². The molecule has 1 heterocycles. The number of ether oxygens (including phenoxy) is 1. The van der Waals surface area contributed by atoms with Crippen molar-refractivity contribution < 1.29 is 24.2 Å². The summed E-state index contributed by atoms with van der Waals surface area (Å²) in [5.41, 5.74) is 1.90. The largest absolute Gasteiger partial charge is 0.504 e. The number of amides is 2. The Hall–Kier alpha value is -4.73. The van der Waals surface area contributed by atoms with Gasteiger partial charge in [0.2, 0.25) is 11.8 Å². The molecule has 202 valence electrons. The number of ketones is 1. The third-order valence-electron chi connectivity index (χ3n) is 6.05. The summed E-state index contributed by atoms with van der Waals surface area (Å²) in [4.78, 5) is 41.2. The normalized spacial score (nSPS) is 12.1. The number of aromatic hydroxyl groups is 1. The van der Waals surface area contributed by atoms with Gasteiger partial charge in [0.05, 0.1) is 12.6 Å². The number of methoxy groups -OCH3 is 1. The van der Waals surface area contributed by atoms with E-state index in [9.17, 15) is 19.5 Å². The average Bonchev–Trinajstić information content (AvgIpc) is 3.28. The van der Waals surface area contributed by atoms with E-state index in [0.29, 0.717) is 27.8 Å². The topological polar surface area (TPSA) is 127 Å². The molecule has 0 radical (unpaired) electrons. The summed E-state index contributed by atoms with van der Waals surface area (Å²) in [7, 11) is 1.42. The van der Waals surface area contributed by atoms with Crippen LogP contribution in [0, 0.1) is 0 Å². The number of nitrogens with zero attached hydrogens (tertiary/aromatic N) is 4. The number of carbonyl (C=O) groups is 3. The van der Waals surface area contributed by atoms with Crippen molar-refractivity contribution in [1.29, 1.82) is 0 Å². The molecule has 4 aromatic rings. The third-order valence-corrected chi connectivity index (χ3v) is 6.05. The quantitative estimate of drug-likeness (QED) is 0.330. The van der Waals surface area contributed by atoms with Crippen molar-refractivity contribution in [3.05, 3.63) is 77.9 Å². The van der Waals surface area contributed by atoms with Gasteiger partial charge < -0.3 is 15.2 Å². The Balaban J connectivity index is 1.86. The monoisotopic (exact) mass is 529 g/mol. The van der Waals surface area contributed by atoms with E-state index in [-0.39, 0.29) is 23.8 Å². The van der Waals surface area contributed by atoms with E-state index in [4.69, 9.17) is 4.74 Å². The van der Waals surface area contributed by atoms with Crippen molar-refractivity contribution in [3.8, 4) is 11.5 Å². The summed E-state index contributed by atoms with van der Waals surface area (Å²) in [5, 5.41) is 21.8. The Labute approximate surface area is 226 Å². The number of hydrogen-bond acceptors (Lipinski definition) is 7. The standard InChI is InChI=1S/C29H31N5O5/c1-18(35)19-10-13-21(14-11-19)34(26(37)17-33-23-9-7-6-8-22(23)31-32-33)27(28(38)30-29(2,3)4)20-12-15-25(39-5)24(36)16-20/h6-16,27,36H,17H2,1-5H3,(H,30,38)/t27-/m1/s1. The van der Waals surface area contributed by atoms with Crippen LogP contribution in [0.15, 0.2) is 66.7 Å². The molecule has 39 heavy (non-hydrogen) atoms. The zero-order chi connectivity index (χ0) is 28.3. The van der Waals surface area contributed by atoms with Gasteiger partial charge in [0.25, 0.3) is 0 Å². The van der Waals surface area contributed by atoms with E-state index in [1.165, 1.54) is 35.7 Å². The number of aromatic nitrogens is 3. The van der Waals surface area contributed by atoms with Gasteiger partial charge in [0.15, 0.2) is 17.3 Å². The second kappa shape index (κ2) is 10.9. The second-order valence-corrected chi connectivity index (χ2v) is 10.2. The number of para-hydroxylation sites is 1. The Morgan fingerprint density at radius 1 is 1.05 bits per heavy atom. The minimum Gasteiger partial charge on any atom is -0.504 e. The lowest BCUT2D eigenvalue weighted by molar-refractivity contribution is -0.128. The highest BCUT2D eigenvalue weighted by molar-refractivity contribution is 6.02. The fourth-order valence-electron chi connectivity index (χ4n) is 4.26. The molecule has 0 fully saturated rings. The van der Waals surface area contributed by atoms with E-state index in [0.717, 1.165) is 0 Å². The fourth-order valence-corrected chi connectivity index (χ4v) is 4.26. The minimum atomic E-state index is -1.17. The maximum absolute atomic E-state index is 14.1. The first-order valence-corrected chi connectivity index (χ1v) is 12.4. The first-order valence-electron chi connectivity index (χ1n) is 12.4. The molecule has 0 aliphatic rings. The number of anilines is 1. The van der Waals surface area contributed by atoms with E-state index < -0.39 is 23.4 Å². The third kappa shape index (κ3) is 6.06.